The Hall–Kier alpha value is -3.14. The molecule has 1 aromatic carbocycles. The largest absolute Gasteiger partial charge is 0.506 e. The molecule has 29 heavy (non-hydrogen) atoms. The van der Waals surface area contributed by atoms with Gasteiger partial charge in [0.2, 0.25) is 11.8 Å². The summed E-state index contributed by atoms with van der Waals surface area (Å²) in [6, 6.07) is 2.08. The number of rotatable bonds is 8. The molecule has 2 atom stereocenters. The van der Waals surface area contributed by atoms with Crippen LogP contribution in [-0.4, -0.2) is 70.3 Å². The third kappa shape index (κ3) is 5.67. The molecule has 1 saturated heterocycles. The fourth-order valence-corrected chi connectivity index (χ4v) is 3.20. The van der Waals surface area contributed by atoms with Gasteiger partial charge in [0.15, 0.2) is 0 Å². The van der Waals surface area contributed by atoms with E-state index in [1.165, 1.54) is 23.1 Å². The zero-order valence-electron chi connectivity index (χ0n) is 15.3. The predicted molar refractivity (Wildman–Crippen MR) is 100 cm³/mol. The van der Waals surface area contributed by atoms with E-state index in [1.807, 2.05) is 0 Å². The van der Waals surface area contributed by atoms with Crippen molar-refractivity contribution in [3.8, 4) is 5.75 Å². The lowest BCUT2D eigenvalue weighted by Crippen LogP contribution is -2.51. The molecule has 0 unspecified atom stereocenters. The molecule has 1 aromatic rings. The zero-order chi connectivity index (χ0) is 21.6. The Morgan fingerprint density at radius 3 is 2.69 bits per heavy atom. The van der Waals surface area contributed by atoms with E-state index in [0.717, 1.165) is 0 Å². The normalized spacial score (nSPS) is 16.7. The van der Waals surface area contributed by atoms with E-state index in [-0.39, 0.29) is 22.9 Å². The number of phenols is 1. The van der Waals surface area contributed by atoms with Gasteiger partial charge in [-0.2, -0.15) is 0 Å². The molecule has 11 heteroatoms. The van der Waals surface area contributed by atoms with Crippen LogP contribution in [0, 0.1) is 0 Å². The maximum Gasteiger partial charge on any atom is 0.305 e. The molecule has 3 amide bonds. The van der Waals surface area contributed by atoms with Crippen molar-refractivity contribution in [3.05, 3.63) is 28.8 Å². The third-order valence-corrected chi connectivity index (χ3v) is 4.78. The molecule has 1 heterocycles. The quantitative estimate of drug-likeness (QED) is 0.425. The number of phenolic OH excluding ortho intramolecular Hbond substituents is 1. The first-order valence-electron chi connectivity index (χ1n) is 8.77. The van der Waals surface area contributed by atoms with Crippen molar-refractivity contribution >= 4 is 41.6 Å². The van der Waals surface area contributed by atoms with Gasteiger partial charge in [0.1, 0.15) is 18.1 Å². The van der Waals surface area contributed by atoms with E-state index < -0.39 is 48.7 Å². The van der Waals surface area contributed by atoms with Crippen LogP contribution in [0.1, 0.15) is 29.6 Å². The summed E-state index contributed by atoms with van der Waals surface area (Å²) < 4.78 is 0. The summed E-state index contributed by atoms with van der Waals surface area (Å²) in [5.41, 5.74) is -0.00215. The molecule has 1 fully saturated rings. The number of carbonyl (C=O) groups excluding carboxylic acids is 4. The topological polar surface area (TPSA) is 153 Å². The standard InChI is InChI=1S/C18H20ClN3O7/c19-16-11(3-1-5-13(16)24)17(28)20-8-14(25)22-6-2-4-12(22)18(29)21-10(9-23)7-15(26)27/h1,3,5,9-10,12,24H,2,4,6-8H2,(H,20,28)(H,21,29)(H,26,27)/t10-,12-/m0/s1. The number of carboxylic acid groups (broad SMARTS) is 1. The molecule has 156 valence electrons. The zero-order valence-corrected chi connectivity index (χ0v) is 16.0. The van der Waals surface area contributed by atoms with Gasteiger partial charge in [-0.15, -0.1) is 0 Å². The second-order valence-electron chi connectivity index (χ2n) is 6.42. The molecule has 0 aromatic heterocycles. The number of carboxylic acids is 1. The first-order valence-corrected chi connectivity index (χ1v) is 9.15. The predicted octanol–water partition coefficient (Wildman–Crippen LogP) is -0.0752. The summed E-state index contributed by atoms with van der Waals surface area (Å²) in [6.45, 7) is -0.120. The van der Waals surface area contributed by atoms with Crippen molar-refractivity contribution in [2.24, 2.45) is 0 Å². The molecule has 0 saturated carbocycles. The minimum absolute atomic E-state index is 0.00215. The van der Waals surface area contributed by atoms with Crippen molar-refractivity contribution in [1.82, 2.24) is 15.5 Å². The van der Waals surface area contributed by atoms with Crippen molar-refractivity contribution in [3.63, 3.8) is 0 Å². The lowest BCUT2D eigenvalue weighted by atomic mass is 10.1. The fourth-order valence-electron chi connectivity index (χ4n) is 2.99. The Bertz CT molecular complexity index is 830. The Balaban J connectivity index is 1.96. The first kappa shape index (κ1) is 22.2. The smallest absolute Gasteiger partial charge is 0.305 e. The molecule has 0 radical (unpaired) electrons. The lowest BCUT2D eigenvalue weighted by Gasteiger charge is -2.25. The van der Waals surface area contributed by atoms with Crippen LogP contribution in [0.4, 0.5) is 0 Å². The van der Waals surface area contributed by atoms with Gasteiger partial charge in [0.05, 0.1) is 29.6 Å². The second kappa shape index (κ2) is 9.87. The first-order chi connectivity index (χ1) is 13.7. The number of likely N-dealkylation sites (tertiary alicyclic amines) is 1. The summed E-state index contributed by atoms with van der Waals surface area (Å²) in [5.74, 6) is -3.32. The second-order valence-corrected chi connectivity index (χ2v) is 6.79. The minimum atomic E-state index is -1.24. The van der Waals surface area contributed by atoms with Crippen LogP contribution in [0.25, 0.3) is 0 Å². The van der Waals surface area contributed by atoms with Gasteiger partial charge < -0.3 is 30.5 Å². The summed E-state index contributed by atoms with van der Waals surface area (Å²) >= 11 is 5.86. The van der Waals surface area contributed by atoms with Gasteiger partial charge in [-0.1, -0.05) is 17.7 Å². The van der Waals surface area contributed by atoms with E-state index in [9.17, 15) is 29.1 Å². The van der Waals surface area contributed by atoms with Gasteiger partial charge in [-0.05, 0) is 25.0 Å². The van der Waals surface area contributed by atoms with Crippen molar-refractivity contribution in [2.45, 2.75) is 31.3 Å². The third-order valence-electron chi connectivity index (χ3n) is 4.39. The van der Waals surface area contributed by atoms with E-state index in [2.05, 4.69) is 10.6 Å². The molecular formula is C18H20ClN3O7. The monoisotopic (exact) mass is 425 g/mol. The van der Waals surface area contributed by atoms with Gasteiger partial charge >= 0.3 is 5.97 Å². The van der Waals surface area contributed by atoms with Crippen LogP contribution in [0.3, 0.4) is 0 Å². The highest BCUT2D eigenvalue weighted by Crippen LogP contribution is 2.26. The SMILES string of the molecule is O=C[C@H](CC(=O)O)NC(=O)[C@@H]1CCCN1C(=O)CNC(=O)c1cccc(O)c1Cl. The number of benzene rings is 1. The Kier molecular flexibility index (Phi) is 7.54. The van der Waals surface area contributed by atoms with E-state index in [1.54, 1.807) is 0 Å². The molecule has 4 N–H and O–H groups in total. The van der Waals surface area contributed by atoms with Crippen molar-refractivity contribution in [2.75, 3.05) is 13.1 Å². The van der Waals surface area contributed by atoms with Crippen LogP contribution in [0.5, 0.6) is 5.75 Å². The summed E-state index contributed by atoms with van der Waals surface area (Å²) in [6.07, 6.45) is 0.659. The Morgan fingerprint density at radius 2 is 2.03 bits per heavy atom. The summed E-state index contributed by atoms with van der Waals surface area (Å²) in [4.78, 5) is 59.9. The Morgan fingerprint density at radius 1 is 1.31 bits per heavy atom. The number of amides is 3. The van der Waals surface area contributed by atoms with Crippen molar-refractivity contribution in [1.29, 1.82) is 0 Å². The van der Waals surface area contributed by atoms with E-state index >= 15 is 0 Å². The van der Waals surface area contributed by atoms with Crippen LogP contribution < -0.4 is 10.6 Å². The number of aldehydes is 1. The molecular weight excluding hydrogens is 406 g/mol. The van der Waals surface area contributed by atoms with E-state index in [0.29, 0.717) is 19.1 Å². The number of hydrogen-bond acceptors (Lipinski definition) is 6. The van der Waals surface area contributed by atoms with Gasteiger partial charge in [-0.3, -0.25) is 19.2 Å². The maximum atomic E-state index is 12.5. The van der Waals surface area contributed by atoms with Crippen LogP contribution in [0.2, 0.25) is 5.02 Å². The highest BCUT2D eigenvalue weighted by Gasteiger charge is 2.35. The highest BCUT2D eigenvalue weighted by atomic mass is 35.5. The number of hydrogen-bond donors (Lipinski definition) is 4. The number of nitrogens with one attached hydrogen (secondary N) is 2. The molecule has 10 nitrogen and oxygen atoms in total. The molecule has 1 aliphatic heterocycles. The van der Waals surface area contributed by atoms with E-state index in [4.69, 9.17) is 16.7 Å². The van der Waals surface area contributed by atoms with Crippen molar-refractivity contribution < 1.29 is 34.2 Å². The molecule has 1 aliphatic rings. The summed E-state index contributed by atoms with van der Waals surface area (Å²) in [5, 5.41) is 22.9. The van der Waals surface area contributed by atoms with Crippen LogP contribution in [0.15, 0.2) is 18.2 Å². The molecule has 0 spiro atoms. The molecule has 2 rings (SSSR count). The van der Waals surface area contributed by atoms with Crippen LogP contribution in [-0.2, 0) is 19.2 Å². The highest BCUT2D eigenvalue weighted by molar-refractivity contribution is 6.35. The van der Waals surface area contributed by atoms with Crippen LogP contribution >= 0.6 is 11.6 Å². The number of aliphatic carboxylic acids is 1. The average molecular weight is 426 g/mol. The fraction of sp³-hybridized carbons (Fsp3) is 0.389. The maximum absolute atomic E-state index is 12.5. The molecule has 0 bridgehead atoms. The number of nitrogens with zero attached hydrogens (tertiary/aromatic N) is 1. The Labute approximate surface area is 170 Å². The van der Waals surface area contributed by atoms with Gasteiger partial charge in [0.25, 0.3) is 5.91 Å². The lowest BCUT2D eigenvalue weighted by molar-refractivity contribution is -0.140. The number of aromatic hydroxyl groups is 1. The van der Waals surface area contributed by atoms with Gasteiger partial charge in [0, 0.05) is 6.54 Å². The molecule has 0 aliphatic carbocycles. The number of carbonyl (C=O) groups is 5. The minimum Gasteiger partial charge on any atom is -0.506 e. The van der Waals surface area contributed by atoms with Gasteiger partial charge in [-0.25, -0.2) is 0 Å². The average Bonchev–Trinajstić information content (AvgIpc) is 3.17. The summed E-state index contributed by atoms with van der Waals surface area (Å²) in [7, 11) is 0. The number of halogens is 1.